The van der Waals surface area contributed by atoms with Gasteiger partial charge in [0.2, 0.25) is 0 Å². The Balaban J connectivity index is 2.44. The Morgan fingerprint density at radius 3 is 2.70 bits per heavy atom. The molecule has 0 aliphatic rings. The summed E-state index contributed by atoms with van der Waals surface area (Å²) in [4.78, 5) is 14.9. The molecule has 0 saturated carbocycles. The summed E-state index contributed by atoms with van der Waals surface area (Å²) in [7, 11) is 0. The first kappa shape index (κ1) is 16.7. The first-order valence-electron chi connectivity index (χ1n) is 7.55. The van der Waals surface area contributed by atoms with E-state index in [2.05, 4.69) is 18.8 Å². The van der Waals surface area contributed by atoms with Crippen LogP contribution in [0.15, 0.2) is 41.4 Å². The Morgan fingerprint density at radius 1 is 1.35 bits per heavy atom. The maximum Gasteiger partial charge on any atom is 0.270 e. The highest BCUT2D eigenvalue weighted by atomic mass is 16.6. The standard InChI is InChI=1S/C18H20N2O3/c1-4-12(2)16-7-5-6-8-17(16)19-11-14-10-15(20(22)23)9-13(3)18(14)21/h5-12,21H,4H2,1-3H3/t12-/m0/s1. The molecule has 0 unspecified atom stereocenters. The molecule has 1 N–H and O–H groups in total. The molecule has 0 aromatic heterocycles. The smallest absolute Gasteiger partial charge is 0.270 e. The Morgan fingerprint density at radius 2 is 2.04 bits per heavy atom. The van der Waals surface area contributed by atoms with Crippen LogP contribution in [0.5, 0.6) is 5.75 Å². The zero-order valence-electron chi connectivity index (χ0n) is 13.5. The molecule has 120 valence electrons. The average molecular weight is 312 g/mol. The van der Waals surface area contributed by atoms with Gasteiger partial charge in [0.15, 0.2) is 0 Å². The Hall–Kier alpha value is -2.69. The molecule has 5 heteroatoms. The molecule has 2 rings (SSSR count). The number of phenols is 1. The lowest BCUT2D eigenvalue weighted by Crippen LogP contribution is -1.94. The molecule has 0 radical (unpaired) electrons. The van der Waals surface area contributed by atoms with Gasteiger partial charge in [-0.3, -0.25) is 15.1 Å². The molecule has 2 aromatic carbocycles. The highest BCUT2D eigenvalue weighted by Crippen LogP contribution is 2.30. The summed E-state index contributed by atoms with van der Waals surface area (Å²) in [5, 5.41) is 21.0. The fourth-order valence-electron chi connectivity index (χ4n) is 2.37. The van der Waals surface area contributed by atoms with Crippen LogP contribution < -0.4 is 0 Å². The number of nitrogens with zero attached hydrogens (tertiary/aromatic N) is 2. The van der Waals surface area contributed by atoms with Crippen molar-refractivity contribution in [1.82, 2.24) is 0 Å². The first-order valence-corrected chi connectivity index (χ1v) is 7.55. The number of benzene rings is 2. The Bertz CT molecular complexity index is 754. The molecule has 0 saturated heterocycles. The summed E-state index contributed by atoms with van der Waals surface area (Å²) >= 11 is 0. The summed E-state index contributed by atoms with van der Waals surface area (Å²) in [6.45, 7) is 5.87. The Labute approximate surface area is 135 Å². The molecule has 0 spiro atoms. The molecular weight excluding hydrogens is 292 g/mol. The monoisotopic (exact) mass is 312 g/mol. The molecule has 1 atom stereocenters. The van der Waals surface area contributed by atoms with E-state index in [1.54, 1.807) is 6.92 Å². The third-order valence-corrected chi connectivity index (χ3v) is 3.95. The molecule has 0 bridgehead atoms. The minimum absolute atomic E-state index is 0.0142. The van der Waals surface area contributed by atoms with Crippen molar-refractivity contribution in [3.8, 4) is 5.75 Å². The quantitative estimate of drug-likeness (QED) is 0.486. The third kappa shape index (κ3) is 3.74. The molecule has 5 nitrogen and oxygen atoms in total. The summed E-state index contributed by atoms with van der Waals surface area (Å²) < 4.78 is 0. The van der Waals surface area contributed by atoms with E-state index in [0.29, 0.717) is 17.0 Å². The van der Waals surface area contributed by atoms with Crippen LogP contribution in [0.4, 0.5) is 11.4 Å². The van der Waals surface area contributed by atoms with Crippen molar-refractivity contribution in [3.63, 3.8) is 0 Å². The second kappa shape index (κ2) is 7.05. The zero-order chi connectivity index (χ0) is 17.0. The molecule has 0 aliphatic heterocycles. The fraction of sp³-hybridized carbons (Fsp3) is 0.278. The fourth-order valence-corrected chi connectivity index (χ4v) is 2.37. The van der Waals surface area contributed by atoms with Gasteiger partial charge in [-0.1, -0.05) is 32.0 Å². The largest absolute Gasteiger partial charge is 0.507 e. The maximum absolute atomic E-state index is 11.0. The lowest BCUT2D eigenvalue weighted by atomic mass is 9.97. The van der Waals surface area contributed by atoms with Crippen LogP contribution in [0.25, 0.3) is 0 Å². The van der Waals surface area contributed by atoms with Gasteiger partial charge in [-0.05, 0) is 36.5 Å². The summed E-state index contributed by atoms with van der Waals surface area (Å²) in [5.41, 5.74) is 2.67. The van der Waals surface area contributed by atoms with E-state index in [-0.39, 0.29) is 11.4 Å². The van der Waals surface area contributed by atoms with Gasteiger partial charge in [-0.15, -0.1) is 0 Å². The second-order valence-corrected chi connectivity index (χ2v) is 5.58. The van der Waals surface area contributed by atoms with Crippen LogP contribution in [-0.4, -0.2) is 16.2 Å². The average Bonchev–Trinajstić information content (AvgIpc) is 2.55. The van der Waals surface area contributed by atoms with Gasteiger partial charge in [0.1, 0.15) is 5.75 Å². The number of non-ortho nitro benzene ring substituents is 1. The van der Waals surface area contributed by atoms with E-state index in [1.165, 1.54) is 18.3 Å². The van der Waals surface area contributed by atoms with Crippen LogP contribution in [0, 0.1) is 17.0 Å². The molecular formula is C18H20N2O3. The molecule has 0 fully saturated rings. The van der Waals surface area contributed by atoms with E-state index in [9.17, 15) is 15.2 Å². The van der Waals surface area contributed by atoms with Gasteiger partial charge >= 0.3 is 0 Å². The number of aromatic hydroxyl groups is 1. The highest BCUT2D eigenvalue weighted by Gasteiger charge is 2.13. The second-order valence-electron chi connectivity index (χ2n) is 5.58. The predicted molar refractivity (Wildman–Crippen MR) is 91.9 cm³/mol. The van der Waals surface area contributed by atoms with Gasteiger partial charge in [0, 0.05) is 23.9 Å². The minimum Gasteiger partial charge on any atom is -0.507 e. The van der Waals surface area contributed by atoms with Crippen molar-refractivity contribution >= 4 is 17.6 Å². The van der Waals surface area contributed by atoms with E-state index in [1.807, 2.05) is 24.3 Å². The maximum atomic E-state index is 11.0. The molecule has 23 heavy (non-hydrogen) atoms. The number of nitro benzene ring substituents is 1. The summed E-state index contributed by atoms with van der Waals surface area (Å²) in [6, 6.07) is 10.5. The van der Waals surface area contributed by atoms with Gasteiger partial charge in [0.25, 0.3) is 5.69 Å². The lowest BCUT2D eigenvalue weighted by molar-refractivity contribution is -0.384. The number of aliphatic imine (C=N–C) groups is 1. The SMILES string of the molecule is CC[C@H](C)c1ccccc1N=Cc1cc([N+](=O)[O-])cc(C)c1O. The predicted octanol–water partition coefficient (Wildman–Crippen LogP) is 4.87. The highest BCUT2D eigenvalue weighted by molar-refractivity contribution is 5.87. The Kier molecular flexibility index (Phi) is 5.11. The normalized spacial score (nSPS) is 12.5. The number of hydrogen-bond donors (Lipinski definition) is 1. The van der Waals surface area contributed by atoms with Crippen molar-refractivity contribution in [2.75, 3.05) is 0 Å². The number of nitro groups is 1. The van der Waals surface area contributed by atoms with E-state index < -0.39 is 4.92 Å². The zero-order valence-corrected chi connectivity index (χ0v) is 13.5. The van der Waals surface area contributed by atoms with Gasteiger partial charge in [-0.25, -0.2) is 0 Å². The molecule has 0 aliphatic carbocycles. The van der Waals surface area contributed by atoms with E-state index in [0.717, 1.165) is 17.7 Å². The van der Waals surface area contributed by atoms with Crippen molar-refractivity contribution < 1.29 is 10.0 Å². The van der Waals surface area contributed by atoms with Crippen molar-refractivity contribution in [3.05, 3.63) is 63.2 Å². The number of phenolic OH excluding ortho intramolecular Hbond substituents is 1. The van der Waals surface area contributed by atoms with Gasteiger partial charge in [0.05, 0.1) is 10.6 Å². The van der Waals surface area contributed by atoms with Crippen molar-refractivity contribution in [2.45, 2.75) is 33.1 Å². The van der Waals surface area contributed by atoms with Crippen LogP contribution >= 0.6 is 0 Å². The topological polar surface area (TPSA) is 75.7 Å². The van der Waals surface area contributed by atoms with E-state index in [4.69, 9.17) is 0 Å². The number of hydrogen-bond acceptors (Lipinski definition) is 4. The molecule has 0 heterocycles. The van der Waals surface area contributed by atoms with Crippen LogP contribution in [0.3, 0.4) is 0 Å². The van der Waals surface area contributed by atoms with Crippen LogP contribution in [0.1, 0.15) is 42.9 Å². The molecule has 2 aromatic rings. The van der Waals surface area contributed by atoms with Gasteiger partial charge in [-0.2, -0.15) is 0 Å². The number of rotatable bonds is 5. The van der Waals surface area contributed by atoms with Crippen molar-refractivity contribution in [2.24, 2.45) is 4.99 Å². The first-order chi connectivity index (χ1) is 10.9. The minimum atomic E-state index is -0.475. The molecule has 0 amide bonds. The lowest BCUT2D eigenvalue weighted by Gasteiger charge is -2.11. The third-order valence-electron chi connectivity index (χ3n) is 3.95. The van der Waals surface area contributed by atoms with E-state index >= 15 is 0 Å². The summed E-state index contributed by atoms with van der Waals surface area (Å²) in [6.07, 6.45) is 2.48. The number of aryl methyl sites for hydroxylation is 1. The van der Waals surface area contributed by atoms with Gasteiger partial charge < -0.3 is 5.11 Å². The van der Waals surface area contributed by atoms with Crippen LogP contribution in [-0.2, 0) is 0 Å². The summed E-state index contributed by atoms with van der Waals surface area (Å²) in [5.74, 6) is 0.379. The van der Waals surface area contributed by atoms with Crippen LogP contribution in [0.2, 0.25) is 0 Å². The number of para-hydroxylation sites is 1. The van der Waals surface area contributed by atoms with Crippen molar-refractivity contribution in [1.29, 1.82) is 0 Å².